The van der Waals surface area contributed by atoms with Crippen LogP contribution in [0.3, 0.4) is 0 Å². The highest BCUT2D eigenvalue weighted by Crippen LogP contribution is 2.21. The highest BCUT2D eigenvalue weighted by molar-refractivity contribution is 7.99. The molecule has 100 valence electrons. The summed E-state index contributed by atoms with van der Waals surface area (Å²) in [4.78, 5) is 14.1. The van der Waals surface area contributed by atoms with E-state index in [4.69, 9.17) is 0 Å². The van der Waals surface area contributed by atoms with Gasteiger partial charge in [0.25, 0.3) is 0 Å². The molecule has 0 aromatic rings. The Balaban J connectivity index is 2.31. The lowest BCUT2D eigenvalue weighted by molar-refractivity contribution is -0.130. The van der Waals surface area contributed by atoms with E-state index in [0.29, 0.717) is 12.6 Å². The molecule has 0 aromatic heterocycles. The molecule has 0 aromatic carbocycles. The summed E-state index contributed by atoms with van der Waals surface area (Å²) in [6.07, 6.45) is 6.80. The number of likely N-dealkylation sites (tertiary alicyclic amines) is 1. The third-order valence-electron chi connectivity index (χ3n) is 3.58. The van der Waals surface area contributed by atoms with Gasteiger partial charge in [-0.05, 0) is 38.9 Å². The van der Waals surface area contributed by atoms with Crippen LogP contribution in [0.25, 0.3) is 0 Å². The Morgan fingerprint density at radius 3 is 2.88 bits per heavy atom. The highest BCUT2D eigenvalue weighted by Gasteiger charge is 2.19. The Labute approximate surface area is 110 Å². The van der Waals surface area contributed by atoms with Gasteiger partial charge < -0.3 is 10.2 Å². The smallest absolute Gasteiger partial charge is 0.236 e. The molecule has 0 bridgehead atoms. The Bertz CT molecular complexity index is 235. The van der Waals surface area contributed by atoms with E-state index in [1.54, 1.807) is 0 Å². The van der Waals surface area contributed by atoms with Crippen molar-refractivity contribution in [2.24, 2.45) is 0 Å². The molecule has 1 amide bonds. The molecule has 17 heavy (non-hydrogen) atoms. The zero-order valence-corrected chi connectivity index (χ0v) is 12.2. The van der Waals surface area contributed by atoms with Gasteiger partial charge in [0.1, 0.15) is 0 Å². The van der Waals surface area contributed by atoms with Crippen LogP contribution in [0.2, 0.25) is 0 Å². The summed E-state index contributed by atoms with van der Waals surface area (Å²) < 4.78 is 0. The Morgan fingerprint density at radius 1 is 1.47 bits per heavy atom. The van der Waals surface area contributed by atoms with Gasteiger partial charge in [-0.25, -0.2) is 0 Å². The van der Waals surface area contributed by atoms with Crippen molar-refractivity contribution in [1.29, 1.82) is 0 Å². The zero-order chi connectivity index (χ0) is 12.7. The summed E-state index contributed by atoms with van der Waals surface area (Å²) in [5.41, 5.74) is 0. The molecule has 0 radical (unpaired) electrons. The summed E-state index contributed by atoms with van der Waals surface area (Å²) in [6, 6.07) is 0.435. The predicted octanol–water partition coefficient (Wildman–Crippen LogP) is 2.12. The molecular formula is C13H26N2OS. The van der Waals surface area contributed by atoms with Crippen LogP contribution in [-0.2, 0) is 4.79 Å². The molecule has 4 heteroatoms. The first-order valence-corrected chi connectivity index (χ1v) is 8.00. The van der Waals surface area contributed by atoms with E-state index in [-0.39, 0.29) is 5.91 Å². The Morgan fingerprint density at radius 2 is 2.24 bits per heavy atom. The SMILES string of the molecule is CCC(C)NCC(=O)N1CCCC(SC)CC1. The van der Waals surface area contributed by atoms with Crippen molar-refractivity contribution in [2.45, 2.75) is 50.8 Å². The van der Waals surface area contributed by atoms with Crippen molar-refractivity contribution in [2.75, 3.05) is 25.9 Å². The van der Waals surface area contributed by atoms with E-state index < -0.39 is 0 Å². The maximum absolute atomic E-state index is 12.0. The van der Waals surface area contributed by atoms with E-state index in [9.17, 15) is 4.79 Å². The number of amides is 1. The van der Waals surface area contributed by atoms with Crippen LogP contribution in [0.1, 0.15) is 39.5 Å². The van der Waals surface area contributed by atoms with E-state index in [2.05, 4.69) is 25.4 Å². The van der Waals surface area contributed by atoms with Gasteiger partial charge in [-0.2, -0.15) is 11.8 Å². The lowest BCUT2D eigenvalue weighted by Crippen LogP contribution is -2.41. The first-order chi connectivity index (χ1) is 8.17. The zero-order valence-electron chi connectivity index (χ0n) is 11.4. The number of hydrogen-bond donors (Lipinski definition) is 1. The maximum Gasteiger partial charge on any atom is 0.236 e. The summed E-state index contributed by atoms with van der Waals surface area (Å²) in [7, 11) is 0. The lowest BCUT2D eigenvalue weighted by atomic mass is 10.2. The molecule has 3 nitrogen and oxygen atoms in total. The highest BCUT2D eigenvalue weighted by atomic mass is 32.2. The standard InChI is InChI=1S/C13H26N2OS/c1-4-11(2)14-10-13(16)15-8-5-6-12(17-3)7-9-15/h11-12,14H,4-10H2,1-3H3. The largest absolute Gasteiger partial charge is 0.342 e. The number of nitrogens with zero attached hydrogens (tertiary/aromatic N) is 1. The third kappa shape index (κ3) is 5.30. The van der Waals surface area contributed by atoms with Gasteiger partial charge in [-0.15, -0.1) is 0 Å². The first kappa shape index (κ1) is 14.8. The van der Waals surface area contributed by atoms with Crippen molar-refractivity contribution < 1.29 is 4.79 Å². The molecule has 2 unspecified atom stereocenters. The van der Waals surface area contributed by atoms with Gasteiger partial charge in [0.2, 0.25) is 5.91 Å². The van der Waals surface area contributed by atoms with Crippen LogP contribution in [0, 0.1) is 0 Å². The fraction of sp³-hybridized carbons (Fsp3) is 0.923. The molecule has 1 heterocycles. The first-order valence-electron chi connectivity index (χ1n) is 6.71. The topological polar surface area (TPSA) is 32.3 Å². The van der Waals surface area contributed by atoms with Crippen molar-refractivity contribution in [1.82, 2.24) is 10.2 Å². The lowest BCUT2D eigenvalue weighted by Gasteiger charge is -2.22. The van der Waals surface area contributed by atoms with Crippen molar-refractivity contribution in [3.05, 3.63) is 0 Å². The second kappa shape index (κ2) is 7.98. The maximum atomic E-state index is 12.0. The van der Waals surface area contributed by atoms with E-state index in [1.807, 2.05) is 16.7 Å². The molecule has 2 atom stereocenters. The average molecular weight is 258 g/mol. The van der Waals surface area contributed by atoms with Crippen LogP contribution < -0.4 is 5.32 Å². The van der Waals surface area contributed by atoms with Crippen molar-refractivity contribution in [3.63, 3.8) is 0 Å². The fourth-order valence-corrected chi connectivity index (χ4v) is 2.81. The molecule has 1 rings (SSSR count). The number of carbonyl (C=O) groups is 1. The Kier molecular flexibility index (Phi) is 6.97. The van der Waals surface area contributed by atoms with Gasteiger partial charge >= 0.3 is 0 Å². The summed E-state index contributed by atoms with van der Waals surface area (Å²) in [5, 5.41) is 4.02. The fourth-order valence-electron chi connectivity index (χ4n) is 2.07. The van der Waals surface area contributed by atoms with Crippen LogP contribution in [0.5, 0.6) is 0 Å². The van der Waals surface area contributed by atoms with E-state index >= 15 is 0 Å². The normalized spacial score (nSPS) is 23.2. The van der Waals surface area contributed by atoms with Crippen LogP contribution in [0.4, 0.5) is 0 Å². The van der Waals surface area contributed by atoms with Gasteiger partial charge in [0.05, 0.1) is 6.54 Å². The summed E-state index contributed by atoms with van der Waals surface area (Å²) >= 11 is 1.94. The molecule has 1 fully saturated rings. The molecule has 0 saturated carbocycles. The number of carbonyl (C=O) groups excluding carboxylic acids is 1. The second-order valence-electron chi connectivity index (χ2n) is 4.86. The minimum Gasteiger partial charge on any atom is -0.342 e. The molecule has 1 aliphatic heterocycles. The second-order valence-corrected chi connectivity index (χ2v) is 6.00. The van der Waals surface area contributed by atoms with Crippen LogP contribution in [0.15, 0.2) is 0 Å². The van der Waals surface area contributed by atoms with E-state index in [0.717, 1.165) is 37.6 Å². The van der Waals surface area contributed by atoms with Crippen LogP contribution in [-0.4, -0.2) is 48.0 Å². The van der Waals surface area contributed by atoms with Gasteiger partial charge in [0.15, 0.2) is 0 Å². The quantitative estimate of drug-likeness (QED) is 0.820. The molecular weight excluding hydrogens is 232 g/mol. The van der Waals surface area contributed by atoms with E-state index in [1.165, 1.54) is 6.42 Å². The predicted molar refractivity (Wildman–Crippen MR) is 75.5 cm³/mol. The summed E-state index contributed by atoms with van der Waals surface area (Å²) in [5.74, 6) is 0.270. The summed E-state index contributed by atoms with van der Waals surface area (Å²) in [6.45, 7) is 6.64. The number of nitrogens with one attached hydrogen (secondary N) is 1. The molecule has 1 N–H and O–H groups in total. The third-order valence-corrected chi connectivity index (χ3v) is 4.71. The van der Waals surface area contributed by atoms with Crippen LogP contribution >= 0.6 is 11.8 Å². The monoisotopic (exact) mass is 258 g/mol. The molecule has 0 aliphatic carbocycles. The van der Waals surface area contributed by atoms with Gasteiger partial charge in [0, 0.05) is 24.4 Å². The van der Waals surface area contributed by atoms with Crippen molar-refractivity contribution in [3.8, 4) is 0 Å². The van der Waals surface area contributed by atoms with Gasteiger partial charge in [-0.3, -0.25) is 4.79 Å². The van der Waals surface area contributed by atoms with Crippen molar-refractivity contribution >= 4 is 17.7 Å². The molecule has 1 aliphatic rings. The minimum absolute atomic E-state index is 0.270. The average Bonchev–Trinajstić information content (AvgIpc) is 2.60. The molecule has 1 saturated heterocycles. The molecule has 0 spiro atoms. The number of thioether (sulfide) groups is 1. The number of hydrogen-bond acceptors (Lipinski definition) is 3. The number of rotatable bonds is 5. The minimum atomic E-state index is 0.270. The van der Waals surface area contributed by atoms with Gasteiger partial charge in [-0.1, -0.05) is 6.92 Å². The Hall–Kier alpha value is -0.220.